The lowest BCUT2D eigenvalue weighted by atomic mass is 9.97. The van der Waals surface area contributed by atoms with Gasteiger partial charge in [-0.2, -0.15) is 0 Å². The second-order valence-corrected chi connectivity index (χ2v) is 5.47. The summed E-state index contributed by atoms with van der Waals surface area (Å²) in [5, 5.41) is 0. The van der Waals surface area contributed by atoms with Gasteiger partial charge >= 0.3 is 0 Å². The molecule has 2 aromatic rings. The Kier molecular flexibility index (Phi) is 3.67. The van der Waals surface area contributed by atoms with Gasteiger partial charge in [-0.25, -0.2) is 0 Å². The Morgan fingerprint density at radius 2 is 1.67 bits per heavy atom. The molecule has 2 rings (SSSR count). The Morgan fingerprint density at radius 3 is 2.28 bits per heavy atom. The lowest BCUT2D eigenvalue weighted by molar-refractivity contribution is 0.103. The highest BCUT2D eigenvalue weighted by Crippen LogP contribution is 2.21. The second kappa shape index (κ2) is 5.07. The zero-order chi connectivity index (χ0) is 13.3. The molecular weight excluding hydrogens is 288 g/mol. The molecular formula is C16H15BrO. The van der Waals surface area contributed by atoms with Crippen molar-refractivity contribution in [3.8, 4) is 0 Å². The quantitative estimate of drug-likeness (QED) is 0.741. The molecule has 0 fully saturated rings. The van der Waals surface area contributed by atoms with Crippen LogP contribution in [-0.4, -0.2) is 5.78 Å². The summed E-state index contributed by atoms with van der Waals surface area (Å²) in [7, 11) is 0. The molecule has 0 bridgehead atoms. The molecule has 0 aliphatic carbocycles. The summed E-state index contributed by atoms with van der Waals surface area (Å²) < 4.78 is 1.03. The minimum Gasteiger partial charge on any atom is -0.289 e. The van der Waals surface area contributed by atoms with E-state index in [1.165, 1.54) is 5.56 Å². The first kappa shape index (κ1) is 13.0. The number of hydrogen-bond donors (Lipinski definition) is 0. The molecule has 2 heteroatoms. The van der Waals surface area contributed by atoms with Crippen LogP contribution >= 0.6 is 15.9 Å². The Labute approximate surface area is 116 Å². The van der Waals surface area contributed by atoms with Gasteiger partial charge in [0.05, 0.1) is 0 Å². The number of benzene rings is 2. The Hall–Kier alpha value is -1.41. The molecule has 0 N–H and O–H groups in total. The topological polar surface area (TPSA) is 17.1 Å². The molecule has 0 unspecified atom stereocenters. The third-order valence-corrected chi connectivity index (χ3v) is 3.94. The lowest BCUT2D eigenvalue weighted by Crippen LogP contribution is -2.04. The number of halogens is 1. The maximum atomic E-state index is 12.4. The van der Waals surface area contributed by atoms with Gasteiger partial charge in [-0.3, -0.25) is 4.79 Å². The first-order valence-electron chi connectivity index (χ1n) is 5.87. The van der Waals surface area contributed by atoms with E-state index in [0.717, 1.165) is 26.7 Å². The van der Waals surface area contributed by atoms with Gasteiger partial charge in [-0.15, -0.1) is 0 Å². The molecule has 0 radical (unpaired) electrons. The van der Waals surface area contributed by atoms with Crippen molar-refractivity contribution < 1.29 is 4.79 Å². The van der Waals surface area contributed by atoms with E-state index < -0.39 is 0 Å². The summed E-state index contributed by atoms with van der Waals surface area (Å²) in [5.74, 6) is 0.0862. The van der Waals surface area contributed by atoms with E-state index in [4.69, 9.17) is 0 Å². The molecule has 0 saturated heterocycles. The van der Waals surface area contributed by atoms with Crippen LogP contribution in [0, 0.1) is 20.8 Å². The maximum absolute atomic E-state index is 12.4. The molecule has 0 atom stereocenters. The summed E-state index contributed by atoms with van der Waals surface area (Å²) in [6, 6.07) is 11.6. The number of ketones is 1. The third-order valence-electron chi connectivity index (χ3n) is 3.05. The van der Waals surface area contributed by atoms with Crippen LogP contribution < -0.4 is 0 Å². The molecule has 0 spiro atoms. The van der Waals surface area contributed by atoms with E-state index in [2.05, 4.69) is 15.9 Å². The van der Waals surface area contributed by atoms with Gasteiger partial charge in [0.15, 0.2) is 5.78 Å². The van der Waals surface area contributed by atoms with Crippen molar-refractivity contribution in [3.63, 3.8) is 0 Å². The van der Waals surface area contributed by atoms with E-state index >= 15 is 0 Å². The number of aryl methyl sites for hydroxylation is 3. The number of carbonyl (C=O) groups is 1. The van der Waals surface area contributed by atoms with Crippen LogP contribution in [0.3, 0.4) is 0 Å². The Bertz CT molecular complexity index is 614. The molecule has 2 aromatic carbocycles. The van der Waals surface area contributed by atoms with Crippen molar-refractivity contribution in [1.82, 2.24) is 0 Å². The number of carbonyl (C=O) groups excluding carboxylic acids is 1. The highest BCUT2D eigenvalue weighted by molar-refractivity contribution is 9.10. The van der Waals surface area contributed by atoms with Gasteiger partial charge in [0, 0.05) is 15.6 Å². The average molecular weight is 303 g/mol. The van der Waals surface area contributed by atoms with Crippen molar-refractivity contribution in [2.45, 2.75) is 20.8 Å². The van der Waals surface area contributed by atoms with Gasteiger partial charge in [0.2, 0.25) is 0 Å². The first-order chi connectivity index (χ1) is 8.49. The zero-order valence-corrected chi connectivity index (χ0v) is 12.3. The van der Waals surface area contributed by atoms with Gasteiger partial charge in [0.1, 0.15) is 0 Å². The predicted molar refractivity (Wildman–Crippen MR) is 78.2 cm³/mol. The molecule has 0 aliphatic rings. The third kappa shape index (κ3) is 2.54. The summed E-state index contributed by atoms with van der Waals surface area (Å²) in [6.07, 6.45) is 0. The van der Waals surface area contributed by atoms with Crippen molar-refractivity contribution in [2.24, 2.45) is 0 Å². The van der Waals surface area contributed by atoms with Gasteiger partial charge in [0.25, 0.3) is 0 Å². The Balaban J connectivity index is 2.44. The first-order valence-corrected chi connectivity index (χ1v) is 6.66. The molecule has 0 amide bonds. The van der Waals surface area contributed by atoms with E-state index in [1.807, 2.05) is 57.2 Å². The van der Waals surface area contributed by atoms with Crippen LogP contribution in [0.1, 0.15) is 32.6 Å². The SMILES string of the molecule is Cc1ccc(C(=O)c2ccc(Br)c(C)c2)c(C)c1. The summed E-state index contributed by atoms with van der Waals surface area (Å²) in [6.45, 7) is 6.00. The maximum Gasteiger partial charge on any atom is 0.193 e. The van der Waals surface area contributed by atoms with E-state index in [1.54, 1.807) is 0 Å². The van der Waals surface area contributed by atoms with Crippen LogP contribution in [0.25, 0.3) is 0 Å². The van der Waals surface area contributed by atoms with Crippen LogP contribution in [0.5, 0.6) is 0 Å². The van der Waals surface area contributed by atoms with Gasteiger partial charge < -0.3 is 0 Å². The summed E-state index contributed by atoms with van der Waals surface area (Å²) >= 11 is 3.45. The predicted octanol–water partition coefficient (Wildman–Crippen LogP) is 4.61. The molecule has 0 heterocycles. The lowest BCUT2D eigenvalue weighted by Gasteiger charge is -2.07. The minimum absolute atomic E-state index is 0.0862. The largest absolute Gasteiger partial charge is 0.289 e. The highest BCUT2D eigenvalue weighted by Gasteiger charge is 2.12. The summed E-state index contributed by atoms with van der Waals surface area (Å²) in [5.41, 5.74) is 4.80. The van der Waals surface area contributed by atoms with E-state index in [-0.39, 0.29) is 5.78 Å². The molecule has 1 nitrogen and oxygen atoms in total. The molecule has 0 aliphatic heterocycles. The fourth-order valence-electron chi connectivity index (χ4n) is 2.01. The van der Waals surface area contributed by atoms with Crippen LogP contribution in [0.4, 0.5) is 0 Å². The van der Waals surface area contributed by atoms with Crippen molar-refractivity contribution in [2.75, 3.05) is 0 Å². The highest BCUT2D eigenvalue weighted by atomic mass is 79.9. The fourth-order valence-corrected chi connectivity index (χ4v) is 2.26. The van der Waals surface area contributed by atoms with Crippen LogP contribution in [0.2, 0.25) is 0 Å². The number of hydrogen-bond acceptors (Lipinski definition) is 1. The Morgan fingerprint density at radius 1 is 0.944 bits per heavy atom. The minimum atomic E-state index is 0.0862. The van der Waals surface area contributed by atoms with Crippen molar-refractivity contribution in [1.29, 1.82) is 0 Å². The van der Waals surface area contributed by atoms with E-state index in [0.29, 0.717) is 0 Å². The van der Waals surface area contributed by atoms with Gasteiger partial charge in [-0.1, -0.05) is 39.7 Å². The fraction of sp³-hybridized carbons (Fsp3) is 0.188. The van der Waals surface area contributed by atoms with E-state index in [9.17, 15) is 4.79 Å². The molecule has 0 saturated carbocycles. The normalized spacial score (nSPS) is 10.4. The average Bonchev–Trinajstić information content (AvgIpc) is 2.32. The molecule has 0 aromatic heterocycles. The van der Waals surface area contributed by atoms with Crippen LogP contribution in [-0.2, 0) is 0 Å². The molecule has 92 valence electrons. The van der Waals surface area contributed by atoms with Crippen LogP contribution in [0.15, 0.2) is 40.9 Å². The molecule has 18 heavy (non-hydrogen) atoms. The van der Waals surface area contributed by atoms with Crippen molar-refractivity contribution >= 4 is 21.7 Å². The van der Waals surface area contributed by atoms with Crippen molar-refractivity contribution in [3.05, 3.63) is 68.7 Å². The number of rotatable bonds is 2. The van der Waals surface area contributed by atoms with Gasteiger partial charge in [-0.05, 0) is 50.1 Å². The zero-order valence-electron chi connectivity index (χ0n) is 10.8. The standard InChI is InChI=1S/C16H15BrO/c1-10-4-6-14(11(2)8-10)16(18)13-5-7-15(17)12(3)9-13/h4-9H,1-3H3. The smallest absolute Gasteiger partial charge is 0.193 e. The summed E-state index contributed by atoms with van der Waals surface area (Å²) in [4.78, 5) is 12.4. The second-order valence-electron chi connectivity index (χ2n) is 4.61. The monoisotopic (exact) mass is 302 g/mol.